The van der Waals surface area contributed by atoms with Crippen molar-refractivity contribution in [3.8, 4) is 5.00 Å². The Kier molecular flexibility index (Phi) is 2.68. The van der Waals surface area contributed by atoms with Crippen LogP contribution < -0.4 is 5.35 Å². The Morgan fingerprint density at radius 1 is 0.970 bits per heavy atom. The number of allylic oxidation sites excluding steroid dienone is 1. The van der Waals surface area contributed by atoms with Gasteiger partial charge in [-0.2, -0.15) is 0 Å². The number of hydrogen-bond acceptors (Lipinski definition) is 3. The maximum absolute atomic E-state index is 4.73. The van der Waals surface area contributed by atoms with Crippen LogP contribution >= 0.6 is 11.3 Å². The van der Waals surface area contributed by atoms with Crippen LogP contribution in [0.2, 0.25) is 0 Å². The van der Waals surface area contributed by atoms with Crippen molar-refractivity contribution in [3.05, 3.63) is 75.7 Å². The highest BCUT2D eigenvalue weighted by atomic mass is 32.1. The summed E-state index contributed by atoms with van der Waals surface area (Å²) in [5.74, 6) is 0.427. The molecular weight excluding hydrogens is 422 g/mol. The summed E-state index contributed by atoms with van der Waals surface area (Å²) in [5.41, 5.74) is 9.25. The summed E-state index contributed by atoms with van der Waals surface area (Å²) in [6, 6.07) is 9.44. The van der Waals surface area contributed by atoms with E-state index in [2.05, 4.69) is 71.3 Å². The molecule has 3 aliphatic rings. The van der Waals surface area contributed by atoms with Crippen molar-refractivity contribution < 1.29 is 0 Å². The molecule has 0 spiro atoms. The van der Waals surface area contributed by atoms with Gasteiger partial charge in [-0.1, -0.05) is 50.3 Å². The molecule has 0 saturated carbocycles. The van der Waals surface area contributed by atoms with Gasteiger partial charge in [0.2, 0.25) is 0 Å². The van der Waals surface area contributed by atoms with Gasteiger partial charge in [0, 0.05) is 39.9 Å². The third-order valence-corrected chi connectivity index (χ3v) is 9.40. The minimum Gasteiger partial charge on any atom is -0.299 e. The van der Waals surface area contributed by atoms with E-state index < -0.39 is 0 Å². The number of hydrogen-bond donors (Lipinski definition) is 0. The summed E-state index contributed by atoms with van der Waals surface area (Å²) in [4.78, 5) is 9.29. The second-order valence-electron chi connectivity index (χ2n) is 10.3. The molecule has 33 heavy (non-hydrogen) atoms. The predicted octanol–water partition coefficient (Wildman–Crippen LogP) is 6.40. The summed E-state index contributed by atoms with van der Waals surface area (Å²) < 4.78 is 2.47. The Bertz CT molecular complexity index is 1980. The van der Waals surface area contributed by atoms with Gasteiger partial charge in [-0.25, -0.2) is 4.98 Å². The molecule has 3 aromatic heterocycles. The molecule has 9 rings (SSSR count). The van der Waals surface area contributed by atoms with E-state index in [9.17, 15) is 0 Å². The van der Waals surface area contributed by atoms with Crippen molar-refractivity contribution >= 4 is 67.0 Å². The summed E-state index contributed by atoms with van der Waals surface area (Å²) in [6.45, 7) is 4.85. The summed E-state index contributed by atoms with van der Waals surface area (Å²) in [5, 5.41) is 12.0. The number of rotatable bonds is 1. The molecule has 6 aromatic rings. The van der Waals surface area contributed by atoms with E-state index in [0.717, 1.165) is 17.5 Å². The van der Waals surface area contributed by atoms with E-state index >= 15 is 0 Å². The smallest absolute Gasteiger partial charge is 0.128 e. The van der Waals surface area contributed by atoms with Crippen LogP contribution in [-0.2, 0) is 11.8 Å². The number of benzene rings is 3. The first kappa shape index (κ1) is 17.0. The minimum atomic E-state index is 0.108. The molecule has 0 amide bonds. The lowest BCUT2D eigenvalue weighted by atomic mass is 9.74. The largest absolute Gasteiger partial charge is 0.299 e. The topological polar surface area (TPSA) is 30.7 Å². The highest BCUT2D eigenvalue weighted by Crippen LogP contribution is 2.58. The normalized spacial score (nSPS) is 19.2. The van der Waals surface area contributed by atoms with Crippen molar-refractivity contribution in [1.29, 1.82) is 0 Å². The summed E-state index contributed by atoms with van der Waals surface area (Å²) in [7, 11) is 0. The standard InChI is InChI=1S/C29H19N3S/c1-29(2)16-7-3-14-5-9-19-25-21(14)23(16)24-17(29)8-4-15-6-10-20(26(25)22(15)24)32(19)28-27-18(13-33-28)30-11-12-31-27/h3-5,7-13,16H,6H2,1-2H3. The van der Waals surface area contributed by atoms with Crippen molar-refractivity contribution in [2.24, 2.45) is 0 Å². The van der Waals surface area contributed by atoms with Crippen LogP contribution in [0.1, 0.15) is 42.0 Å². The monoisotopic (exact) mass is 441 g/mol. The Labute approximate surface area is 193 Å². The van der Waals surface area contributed by atoms with Gasteiger partial charge in [0.1, 0.15) is 16.0 Å². The number of fused-ring (bicyclic) bond motifs is 1. The second kappa shape index (κ2) is 5.18. The molecule has 1 atom stereocenters. The van der Waals surface area contributed by atoms with Gasteiger partial charge in [0.15, 0.2) is 0 Å². The first-order valence-corrected chi connectivity index (χ1v) is 12.5. The number of nitrogens with zero attached hydrogens (tertiary/aromatic N) is 3. The van der Waals surface area contributed by atoms with Crippen molar-refractivity contribution in [2.45, 2.75) is 31.6 Å². The Morgan fingerprint density at radius 2 is 1.88 bits per heavy atom. The lowest BCUT2D eigenvalue weighted by molar-refractivity contribution is 0.494. The quantitative estimate of drug-likeness (QED) is 0.277. The molecule has 3 heterocycles. The van der Waals surface area contributed by atoms with Gasteiger partial charge < -0.3 is 0 Å². The molecule has 3 aliphatic carbocycles. The third-order valence-electron chi connectivity index (χ3n) is 8.46. The van der Waals surface area contributed by atoms with Crippen LogP contribution in [0.5, 0.6) is 0 Å². The van der Waals surface area contributed by atoms with Gasteiger partial charge >= 0.3 is 0 Å². The maximum Gasteiger partial charge on any atom is 0.128 e. The van der Waals surface area contributed by atoms with Crippen LogP contribution in [0.15, 0.2) is 48.1 Å². The summed E-state index contributed by atoms with van der Waals surface area (Å²) in [6.07, 6.45) is 11.8. The van der Waals surface area contributed by atoms with Gasteiger partial charge in [-0.3, -0.25) is 9.55 Å². The lowest BCUT2D eigenvalue weighted by Gasteiger charge is -2.29. The fourth-order valence-corrected chi connectivity index (χ4v) is 8.03. The second-order valence-corrected chi connectivity index (χ2v) is 11.1. The molecule has 4 heteroatoms. The third kappa shape index (κ3) is 1.70. The molecule has 0 aliphatic heterocycles. The van der Waals surface area contributed by atoms with E-state index in [1.165, 1.54) is 59.5 Å². The first-order valence-electron chi connectivity index (χ1n) is 11.6. The molecule has 1 unspecified atom stereocenters. The molecule has 0 radical (unpaired) electrons. The van der Waals surface area contributed by atoms with E-state index in [1.54, 1.807) is 23.1 Å². The molecule has 3 nitrogen and oxygen atoms in total. The van der Waals surface area contributed by atoms with E-state index in [1.807, 2.05) is 6.20 Å². The van der Waals surface area contributed by atoms with Gasteiger partial charge in [0.05, 0.1) is 10.9 Å². The van der Waals surface area contributed by atoms with E-state index in [-0.39, 0.29) is 5.41 Å². The molecule has 156 valence electrons. The van der Waals surface area contributed by atoms with Crippen molar-refractivity contribution in [1.82, 2.24) is 14.5 Å². The summed E-state index contributed by atoms with van der Waals surface area (Å²) >= 11 is 1.75. The first-order chi connectivity index (χ1) is 16.1. The molecular formula is C29H19N3S. The predicted molar refractivity (Wildman–Crippen MR) is 137 cm³/mol. The highest BCUT2D eigenvalue weighted by molar-refractivity contribution is 7.14. The van der Waals surface area contributed by atoms with Crippen LogP contribution in [0.3, 0.4) is 0 Å². The zero-order valence-electron chi connectivity index (χ0n) is 18.3. The fourth-order valence-electron chi connectivity index (χ4n) is 7.06. The average molecular weight is 442 g/mol. The van der Waals surface area contributed by atoms with Crippen LogP contribution in [0.25, 0.3) is 60.6 Å². The zero-order valence-corrected chi connectivity index (χ0v) is 19.1. The zero-order chi connectivity index (χ0) is 21.6. The average Bonchev–Trinajstić information content (AvgIpc) is 3.47. The van der Waals surface area contributed by atoms with Crippen LogP contribution in [0, 0.1) is 0 Å². The number of thiophene rings is 1. The van der Waals surface area contributed by atoms with Gasteiger partial charge in [-0.15, -0.1) is 11.3 Å². The Morgan fingerprint density at radius 3 is 2.82 bits per heavy atom. The van der Waals surface area contributed by atoms with Gasteiger partial charge in [-0.05, 0) is 50.9 Å². The SMILES string of the molecule is CC1(C)c2ccc3c4c2c2c5c(ccc6c5c4c(n6-c4scc5nccnc45)=CC3)C=CC21. The Balaban J connectivity index is 1.61. The molecule has 0 saturated heterocycles. The van der Waals surface area contributed by atoms with Gasteiger partial charge in [0.25, 0.3) is 0 Å². The lowest BCUT2D eigenvalue weighted by Crippen LogP contribution is -2.21. The molecule has 0 fully saturated rings. The van der Waals surface area contributed by atoms with Crippen molar-refractivity contribution in [2.75, 3.05) is 0 Å². The van der Waals surface area contributed by atoms with Crippen molar-refractivity contribution in [3.63, 3.8) is 0 Å². The Hall–Kier alpha value is -3.50. The van der Waals surface area contributed by atoms with Crippen LogP contribution in [-0.4, -0.2) is 14.5 Å². The number of aromatic nitrogens is 3. The minimum absolute atomic E-state index is 0.108. The fraction of sp³-hybridized carbons (Fsp3) is 0.172. The molecule has 3 aromatic carbocycles. The maximum atomic E-state index is 4.73. The van der Waals surface area contributed by atoms with E-state index in [4.69, 9.17) is 4.98 Å². The molecule has 0 N–H and O–H groups in total. The van der Waals surface area contributed by atoms with Crippen LogP contribution in [0.4, 0.5) is 0 Å². The highest BCUT2D eigenvalue weighted by Gasteiger charge is 2.43. The molecule has 0 bridgehead atoms. The van der Waals surface area contributed by atoms with E-state index in [0.29, 0.717) is 5.92 Å².